The molecule has 0 amide bonds. The van der Waals surface area contributed by atoms with Gasteiger partial charge in [-0.15, -0.1) is 0 Å². The summed E-state index contributed by atoms with van der Waals surface area (Å²) in [5.41, 5.74) is 1.99. The number of benzene rings is 2. The minimum atomic E-state index is -0.486. The Morgan fingerprint density at radius 2 is 1.36 bits per heavy atom. The lowest BCUT2D eigenvalue weighted by atomic mass is 10.1. The van der Waals surface area contributed by atoms with Gasteiger partial charge in [0.1, 0.15) is 0 Å². The molecule has 0 aliphatic heterocycles. The molecule has 0 unspecified atom stereocenters. The number of halogens is 2. The van der Waals surface area contributed by atoms with Gasteiger partial charge < -0.3 is 10.6 Å². The van der Waals surface area contributed by atoms with Gasteiger partial charge in [-0.25, -0.2) is 0 Å². The quantitative estimate of drug-likeness (QED) is 0.509. The van der Waals surface area contributed by atoms with E-state index in [9.17, 15) is 10.1 Å². The molecule has 2 rings (SSSR count). The molecule has 132 valence electrons. The second-order valence-corrected chi connectivity index (χ2v) is 6.18. The summed E-state index contributed by atoms with van der Waals surface area (Å²) in [5.74, 6) is 0.365. The molecule has 5 nitrogen and oxygen atoms in total. The normalized spacial score (nSPS) is 10.2. The maximum atomic E-state index is 10.8. The zero-order valence-electron chi connectivity index (χ0n) is 13.5. The summed E-state index contributed by atoms with van der Waals surface area (Å²) in [6, 6.07) is 15.1. The first-order chi connectivity index (χ1) is 12.1. The molecular formula is C18H19Cl2N3O2. The van der Waals surface area contributed by atoms with Gasteiger partial charge in [-0.05, 0) is 36.1 Å². The Labute approximate surface area is 156 Å². The Balaban J connectivity index is 1.85. The number of rotatable bonds is 9. The fourth-order valence-corrected chi connectivity index (χ4v) is 2.79. The maximum Gasteiger partial charge on any atom is 0.274 e. The van der Waals surface area contributed by atoms with Crippen molar-refractivity contribution in [2.45, 2.75) is 12.8 Å². The van der Waals surface area contributed by atoms with E-state index >= 15 is 0 Å². The first-order valence-corrected chi connectivity index (χ1v) is 8.61. The van der Waals surface area contributed by atoms with Crippen molar-refractivity contribution >= 4 is 23.2 Å². The van der Waals surface area contributed by atoms with Crippen molar-refractivity contribution in [3.63, 3.8) is 0 Å². The second-order valence-electron chi connectivity index (χ2n) is 5.36. The summed E-state index contributed by atoms with van der Waals surface area (Å²) in [7, 11) is 0. The Hall–Kier alpha value is -2.24. The molecule has 0 aromatic heterocycles. The van der Waals surface area contributed by atoms with Crippen molar-refractivity contribution in [2.24, 2.45) is 0 Å². The predicted octanol–water partition coefficient (Wildman–Crippen LogP) is 4.03. The molecule has 0 saturated carbocycles. The third kappa shape index (κ3) is 6.64. The highest BCUT2D eigenvalue weighted by Gasteiger charge is 2.05. The smallest absolute Gasteiger partial charge is 0.274 e. The standard InChI is InChI=1S/C18H19Cl2N3O2/c19-16-7-3-1-5-14(16)9-11-21-18(13-23(24)25)22-12-10-15-6-2-4-8-17(15)20/h1-8,13,21-22H,9-12H2. The number of nitrogens with zero attached hydrogens (tertiary/aromatic N) is 1. The monoisotopic (exact) mass is 379 g/mol. The van der Waals surface area contributed by atoms with E-state index in [-0.39, 0.29) is 0 Å². The second kappa shape index (κ2) is 9.91. The number of nitrogens with one attached hydrogen (secondary N) is 2. The number of nitro groups is 1. The van der Waals surface area contributed by atoms with E-state index in [0.29, 0.717) is 41.8 Å². The van der Waals surface area contributed by atoms with Crippen LogP contribution in [-0.2, 0) is 12.8 Å². The van der Waals surface area contributed by atoms with Crippen LogP contribution in [0.4, 0.5) is 0 Å². The zero-order chi connectivity index (χ0) is 18.1. The molecule has 0 bridgehead atoms. The van der Waals surface area contributed by atoms with E-state index < -0.39 is 4.92 Å². The molecule has 0 spiro atoms. The molecule has 0 aliphatic carbocycles. The van der Waals surface area contributed by atoms with Crippen LogP contribution in [0.1, 0.15) is 11.1 Å². The van der Waals surface area contributed by atoms with Gasteiger partial charge in [-0.2, -0.15) is 0 Å². The summed E-state index contributed by atoms with van der Waals surface area (Å²) < 4.78 is 0. The summed E-state index contributed by atoms with van der Waals surface area (Å²) >= 11 is 12.2. The van der Waals surface area contributed by atoms with Crippen LogP contribution in [0, 0.1) is 10.1 Å². The predicted molar refractivity (Wildman–Crippen MR) is 101 cm³/mol. The van der Waals surface area contributed by atoms with Crippen LogP contribution in [0.5, 0.6) is 0 Å². The van der Waals surface area contributed by atoms with Crippen LogP contribution in [-0.4, -0.2) is 18.0 Å². The fraction of sp³-hybridized carbons (Fsp3) is 0.222. The van der Waals surface area contributed by atoms with Crippen molar-refractivity contribution in [1.82, 2.24) is 10.6 Å². The summed E-state index contributed by atoms with van der Waals surface area (Å²) in [4.78, 5) is 10.3. The summed E-state index contributed by atoms with van der Waals surface area (Å²) in [5, 5.41) is 18.3. The molecule has 0 aliphatic rings. The lowest BCUT2D eigenvalue weighted by Crippen LogP contribution is -2.30. The van der Waals surface area contributed by atoms with Crippen molar-refractivity contribution in [3.05, 3.63) is 91.8 Å². The average Bonchev–Trinajstić information content (AvgIpc) is 2.57. The van der Waals surface area contributed by atoms with Crippen LogP contribution in [0.2, 0.25) is 10.0 Å². The van der Waals surface area contributed by atoms with E-state index in [0.717, 1.165) is 17.3 Å². The van der Waals surface area contributed by atoms with Crippen LogP contribution in [0.25, 0.3) is 0 Å². The van der Waals surface area contributed by atoms with Crippen LogP contribution < -0.4 is 10.6 Å². The lowest BCUT2D eigenvalue weighted by molar-refractivity contribution is -0.404. The van der Waals surface area contributed by atoms with E-state index in [2.05, 4.69) is 10.6 Å². The number of hydrogen-bond donors (Lipinski definition) is 2. The molecule has 2 aromatic carbocycles. The lowest BCUT2D eigenvalue weighted by Gasteiger charge is -2.12. The third-order valence-electron chi connectivity index (χ3n) is 3.57. The zero-order valence-corrected chi connectivity index (χ0v) is 15.1. The highest BCUT2D eigenvalue weighted by Crippen LogP contribution is 2.15. The molecule has 0 heterocycles. The maximum absolute atomic E-state index is 10.8. The van der Waals surface area contributed by atoms with E-state index in [1.165, 1.54) is 0 Å². The largest absolute Gasteiger partial charge is 0.366 e. The molecule has 0 saturated heterocycles. The topological polar surface area (TPSA) is 67.2 Å². The Bertz CT molecular complexity index is 697. The highest BCUT2D eigenvalue weighted by molar-refractivity contribution is 6.31. The van der Waals surface area contributed by atoms with Gasteiger partial charge in [-0.3, -0.25) is 10.1 Å². The van der Waals surface area contributed by atoms with E-state index in [1.807, 2.05) is 48.5 Å². The van der Waals surface area contributed by atoms with Crippen LogP contribution >= 0.6 is 23.2 Å². The minimum absolute atomic E-state index is 0.365. The molecule has 25 heavy (non-hydrogen) atoms. The van der Waals surface area contributed by atoms with Gasteiger partial charge in [0.2, 0.25) is 0 Å². The van der Waals surface area contributed by atoms with Crippen molar-refractivity contribution in [2.75, 3.05) is 13.1 Å². The molecule has 2 N–H and O–H groups in total. The van der Waals surface area contributed by atoms with Crippen molar-refractivity contribution in [3.8, 4) is 0 Å². The van der Waals surface area contributed by atoms with Gasteiger partial charge in [0.15, 0.2) is 5.82 Å². The molecular weight excluding hydrogens is 361 g/mol. The Kier molecular flexibility index (Phi) is 7.57. The van der Waals surface area contributed by atoms with Gasteiger partial charge in [0, 0.05) is 23.1 Å². The minimum Gasteiger partial charge on any atom is -0.366 e. The van der Waals surface area contributed by atoms with Gasteiger partial charge >= 0.3 is 0 Å². The van der Waals surface area contributed by atoms with Gasteiger partial charge in [-0.1, -0.05) is 59.6 Å². The highest BCUT2D eigenvalue weighted by atomic mass is 35.5. The molecule has 0 radical (unpaired) electrons. The Morgan fingerprint density at radius 3 is 1.76 bits per heavy atom. The SMILES string of the molecule is O=[N+]([O-])C=C(NCCc1ccccc1Cl)NCCc1ccccc1Cl. The first kappa shape index (κ1) is 19.1. The van der Waals surface area contributed by atoms with Crippen LogP contribution in [0.15, 0.2) is 60.6 Å². The molecule has 7 heteroatoms. The van der Waals surface area contributed by atoms with E-state index in [4.69, 9.17) is 23.2 Å². The Morgan fingerprint density at radius 1 is 0.920 bits per heavy atom. The van der Waals surface area contributed by atoms with Gasteiger partial charge in [0.25, 0.3) is 6.20 Å². The first-order valence-electron chi connectivity index (χ1n) is 7.86. The molecule has 0 fully saturated rings. The average molecular weight is 380 g/mol. The van der Waals surface area contributed by atoms with Crippen molar-refractivity contribution < 1.29 is 4.92 Å². The molecule has 0 atom stereocenters. The number of hydrogen-bond acceptors (Lipinski definition) is 4. The van der Waals surface area contributed by atoms with Crippen molar-refractivity contribution in [1.29, 1.82) is 0 Å². The fourth-order valence-electron chi connectivity index (χ4n) is 2.33. The van der Waals surface area contributed by atoms with Crippen LogP contribution in [0.3, 0.4) is 0 Å². The summed E-state index contributed by atoms with van der Waals surface area (Å²) in [6.07, 6.45) is 2.26. The summed E-state index contributed by atoms with van der Waals surface area (Å²) in [6.45, 7) is 1.06. The van der Waals surface area contributed by atoms with E-state index in [1.54, 1.807) is 0 Å². The molecule has 2 aromatic rings. The van der Waals surface area contributed by atoms with Gasteiger partial charge in [0.05, 0.1) is 4.92 Å². The third-order valence-corrected chi connectivity index (χ3v) is 4.31.